The standard InChI is InChI=1S/C21H31FN2O3/c1-15(2)18(16-6-8-17(22)9-7-16)14-19(25)23-10-12-24(13-11-23)20(26)27-21(3,4)5/h6-9,15,18H,10-14H2,1-5H3. The summed E-state index contributed by atoms with van der Waals surface area (Å²) in [6, 6.07) is 6.39. The molecule has 0 bridgehead atoms. The van der Waals surface area contributed by atoms with Crippen molar-refractivity contribution < 1.29 is 18.7 Å². The minimum Gasteiger partial charge on any atom is -0.444 e. The Labute approximate surface area is 161 Å². The van der Waals surface area contributed by atoms with Crippen LogP contribution in [0.5, 0.6) is 0 Å². The fraction of sp³-hybridized carbons (Fsp3) is 0.619. The monoisotopic (exact) mass is 378 g/mol. The topological polar surface area (TPSA) is 49.9 Å². The van der Waals surface area contributed by atoms with Crippen molar-refractivity contribution in [2.75, 3.05) is 26.2 Å². The van der Waals surface area contributed by atoms with Crippen molar-refractivity contribution in [2.24, 2.45) is 5.92 Å². The molecule has 2 rings (SSSR count). The molecule has 1 fully saturated rings. The van der Waals surface area contributed by atoms with E-state index in [2.05, 4.69) is 13.8 Å². The summed E-state index contributed by atoms with van der Waals surface area (Å²) in [6.45, 7) is 11.6. The Bertz CT molecular complexity index is 644. The molecular formula is C21H31FN2O3. The average Bonchev–Trinajstić information content (AvgIpc) is 2.59. The van der Waals surface area contributed by atoms with E-state index in [0.717, 1.165) is 5.56 Å². The van der Waals surface area contributed by atoms with Crippen molar-refractivity contribution in [3.8, 4) is 0 Å². The summed E-state index contributed by atoms with van der Waals surface area (Å²) in [6.07, 6.45) is 0.0522. The Morgan fingerprint density at radius 1 is 1.04 bits per heavy atom. The Morgan fingerprint density at radius 2 is 1.56 bits per heavy atom. The van der Waals surface area contributed by atoms with Gasteiger partial charge in [0.1, 0.15) is 11.4 Å². The average molecular weight is 378 g/mol. The van der Waals surface area contributed by atoms with Gasteiger partial charge in [0.2, 0.25) is 5.91 Å². The Morgan fingerprint density at radius 3 is 2.04 bits per heavy atom. The molecule has 1 unspecified atom stereocenters. The molecule has 150 valence electrons. The maximum absolute atomic E-state index is 13.2. The van der Waals surface area contributed by atoms with Gasteiger partial charge in [-0.05, 0) is 50.3 Å². The summed E-state index contributed by atoms with van der Waals surface area (Å²) in [7, 11) is 0. The van der Waals surface area contributed by atoms with E-state index in [0.29, 0.717) is 32.6 Å². The van der Waals surface area contributed by atoms with Gasteiger partial charge in [0.05, 0.1) is 0 Å². The summed E-state index contributed by atoms with van der Waals surface area (Å²) < 4.78 is 18.6. The van der Waals surface area contributed by atoms with Gasteiger partial charge in [-0.25, -0.2) is 9.18 Å². The summed E-state index contributed by atoms with van der Waals surface area (Å²) in [4.78, 5) is 28.4. The van der Waals surface area contributed by atoms with E-state index < -0.39 is 5.60 Å². The fourth-order valence-electron chi connectivity index (χ4n) is 3.23. The molecule has 0 radical (unpaired) electrons. The minimum absolute atomic E-state index is 0.0435. The Hall–Kier alpha value is -2.11. The molecule has 27 heavy (non-hydrogen) atoms. The molecule has 0 aromatic heterocycles. The number of hydrogen-bond acceptors (Lipinski definition) is 3. The second-order valence-corrected chi connectivity index (χ2v) is 8.45. The zero-order valence-electron chi connectivity index (χ0n) is 17.0. The highest BCUT2D eigenvalue weighted by Gasteiger charge is 2.29. The summed E-state index contributed by atoms with van der Waals surface area (Å²) in [5, 5.41) is 0. The van der Waals surface area contributed by atoms with Crippen molar-refractivity contribution in [1.82, 2.24) is 9.80 Å². The van der Waals surface area contributed by atoms with Crippen LogP contribution in [0.15, 0.2) is 24.3 Å². The lowest BCUT2D eigenvalue weighted by Crippen LogP contribution is -2.51. The molecule has 6 heteroatoms. The van der Waals surface area contributed by atoms with Crippen LogP contribution in [0.25, 0.3) is 0 Å². The third kappa shape index (κ3) is 6.22. The molecule has 1 aliphatic heterocycles. The molecule has 0 N–H and O–H groups in total. The molecule has 0 saturated carbocycles. The van der Waals surface area contributed by atoms with E-state index in [1.807, 2.05) is 20.8 Å². The number of carbonyl (C=O) groups is 2. The molecule has 2 amide bonds. The van der Waals surface area contributed by atoms with E-state index in [-0.39, 0.29) is 29.7 Å². The van der Waals surface area contributed by atoms with Crippen LogP contribution in [0, 0.1) is 11.7 Å². The highest BCUT2D eigenvalue weighted by atomic mass is 19.1. The van der Waals surface area contributed by atoms with Crippen LogP contribution in [0.2, 0.25) is 0 Å². The van der Waals surface area contributed by atoms with Gasteiger partial charge in [-0.1, -0.05) is 26.0 Å². The van der Waals surface area contributed by atoms with Gasteiger partial charge < -0.3 is 14.5 Å². The van der Waals surface area contributed by atoms with Crippen LogP contribution >= 0.6 is 0 Å². The highest BCUT2D eigenvalue weighted by Crippen LogP contribution is 2.29. The maximum Gasteiger partial charge on any atom is 0.410 e. The maximum atomic E-state index is 13.2. The van der Waals surface area contributed by atoms with Gasteiger partial charge in [0.25, 0.3) is 0 Å². The van der Waals surface area contributed by atoms with Gasteiger partial charge in [0.15, 0.2) is 0 Å². The van der Waals surface area contributed by atoms with Crippen LogP contribution < -0.4 is 0 Å². The van der Waals surface area contributed by atoms with Crippen molar-refractivity contribution in [3.05, 3.63) is 35.6 Å². The first kappa shape index (κ1) is 21.2. The molecule has 1 heterocycles. The number of rotatable bonds is 4. The lowest BCUT2D eigenvalue weighted by molar-refractivity contribution is -0.133. The van der Waals surface area contributed by atoms with E-state index in [1.165, 1.54) is 12.1 Å². The first-order valence-electron chi connectivity index (χ1n) is 9.58. The Kier molecular flexibility index (Phi) is 6.84. The first-order valence-corrected chi connectivity index (χ1v) is 9.58. The molecule has 1 aromatic carbocycles. The number of hydrogen-bond donors (Lipinski definition) is 0. The van der Waals surface area contributed by atoms with Crippen molar-refractivity contribution in [3.63, 3.8) is 0 Å². The van der Waals surface area contributed by atoms with Crippen LogP contribution in [0.4, 0.5) is 9.18 Å². The van der Waals surface area contributed by atoms with E-state index >= 15 is 0 Å². The van der Waals surface area contributed by atoms with E-state index in [1.54, 1.807) is 21.9 Å². The number of benzene rings is 1. The van der Waals surface area contributed by atoms with Gasteiger partial charge in [0, 0.05) is 32.6 Å². The molecule has 1 saturated heterocycles. The number of amides is 2. The fourth-order valence-corrected chi connectivity index (χ4v) is 3.23. The van der Waals surface area contributed by atoms with Crippen LogP contribution in [0.1, 0.15) is 52.5 Å². The highest BCUT2D eigenvalue weighted by molar-refractivity contribution is 5.77. The summed E-state index contributed by atoms with van der Waals surface area (Å²) in [5.41, 5.74) is 0.455. The van der Waals surface area contributed by atoms with Gasteiger partial charge in [-0.15, -0.1) is 0 Å². The lowest BCUT2D eigenvalue weighted by Gasteiger charge is -2.36. The number of piperazine rings is 1. The second-order valence-electron chi connectivity index (χ2n) is 8.45. The number of nitrogens with zero attached hydrogens (tertiary/aromatic N) is 2. The SMILES string of the molecule is CC(C)C(CC(=O)N1CCN(C(=O)OC(C)(C)C)CC1)c1ccc(F)cc1. The predicted molar refractivity (Wildman–Crippen MR) is 103 cm³/mol. The first-order chi connectivity index (χ1) is 12.6. The van der Waals surface area contributed by atoms with Gasteiger partial charge in [-0.2, -0.15) is 0 Å². The van der Waals surface area contributed by atoms with E-state index in [9.17, 15) is 14.0 Å². The normalized spacial score (nSPS) is 16.4. The summed E-state index contributed by atoms with van der Waals surface area (Å²) in [5.74, 6) is 0.108. The van der Waals surface area contributed by atoms with Crippen molar-refractivity contribution in [2.45, 2.75) is 52.6 Å². The van der Waals surface area contributed by atoms with Crippen molar-refractivity contribution >= 4 is 12.0 Å². The third-order valence-electron chi connectivity index (χ3n) is 4.78. The van der Waals surface area contributed by atoms with Crippen LogP contribution in [-0.2, 0) is 9.53 Å². The lowest BCUT2D eigenvalue weighted by atomic mass is 9.85. The van der Waals surface area contributed by atoms with Crippen LogP contribution in [-0.4, -0.2) is 53.6 Å². The minimum atomic E-state index is -0.524. The largest absolute Gasteiger partial charge is 0.444 e. The van der Waals surface area contributed by atoms with Crippen molar-refractivity contribution in [1.29, 1.82) is 0 Å². The predicted octanol–water partition coefficient (Wildman–Crippen LogP) is 4.03. The van der Waals surface area contributed by atoms with E-state index in [4.69, 9.17) is 4.74 Å². The molecule has 1 atom stereocenters. The zero-order valence-corrected chi connectivity index (χ0v) is 17.0. The third-order valence-corrected chi connectivity index (χ3v) is 4.78. The molecule has 0 spiro atoms. The number of halogens is 1. The van der Waals surface area contributed by atoms with Gasteiger partial charge in [-0.3, -0.25) is 4.79 Å². The second kappa shape index (κ2) is 8.72. The smallest absolute Gasteiger partial charge is 0.410 e. The Balaban J connectivity index is 1.92. The van der Waals surface area contributed by atoms with Gasteiger partial charge >= 0.3 is 6.09 Å². The molecule has 0 aliphatic carbocycles. The molecule has 1 aromatic rings. The van der Waals surface area contributed by atoms with Crippen LogP contribution in [0.3, 0.4) is 0 Å². The molecular weight excluding hydrogens is 347 g/mol. The zero-order chi connectivity index (χ0) is 20.2. The number of ether oxygens (including phenoxy) is 1. The summed E-state index contributed by atoms with van der Waals surface area (Å²) >= 11 is 0. The molecule has 5 nitrogen and oxygen atoms in total. The number of carbonyl (C=O) groups excluding carboxylic acids is 2. The quantitative estimate of drug-likeness (QED) is 0.795. The molecule has 1 aliphatic rings.